The Balaban J connectivity index is 2.77. The van der Waals surface area contributed by atoms with Gasteiger partial charge in [0.05, 0.1) is 0 Å². The third-order valence-corrected chi connectivity index (χ3v) is 6.45. The molecule has 2 N–H and O–H groups in total. The molecular formula is C14H26N2O2S2. The Morgan fingerprint density at radius 1 is 1.35 bits per heavy atom. The molecule has 20 heavy (non-hydrogen) atoms. The summed E-state index contributed by atoms with van der Waals surface area (Å²) in [5.74, 6) is 0. The molecule has 1 aromatic rings. The van der Waals surface area contributed by atoms with Gasteiger partial charge in [-0.15, -0.1) is 11.3 Å². The molecule has 1 heterocycles. The van der Waals surface area contributed by atoms with Crippen molar-refractivity contribution >= 4 is 21.4 Å². The third-order valence-electron chi connectivity index (χ3n) is 3.15. The van der Waals surface area contributed by atoms with E-state index in [1.807, 2.05) is 20.8 Å². The first kappa shape index (κ1) is 17.6. The number of hydrogen-bond acceptors (Lipinski definition) is 4. The molecule has 0 aliphatic heterocycles. The van der Waals surface area contributed by atoms with Crippen molar-refractivity contribution in [3.05, 3.63) is 16.5 Å². The molecule has 0 aliphatic rings. The predicted molar refractivity (Wildman–Crippen MR) is 85.7 cm³/mol. The van der Waals surface area contributed by atoms with Crippen LogP contribution < -0.4 is 10.0 Å². The molecule has 0 saturated heterocycles. The molecule has 6 heteroatoms. The summed E-state index contributed by atoms with van der Waals surface area (Å²) in [7, 11) is -3.38. The van der Waals surface area contributed by atoms with Crippen LogP contribution in [0.25, 0.3) is 0 Å². The van der Waals surface area contributed by atoms with Gasteiger partial charge in [-0.2, -0.15) is 0 Å². The van der Waals surface area contributed by atoms with Gasteiger partial charge in [-0.25, -0.2) is 13.1 Å². The summed E-state index contributed by atoms with van der Waals surface area (Å²) < 4.78 is 27.8. The van der Waals surface area contributed by atoms with E-state index in [2.05, 4.69) is 17.0 Å². The van der Waals surface area contributed by atoms with Gasteiger partial charge in [0.25, 0.3) is 0 Å². The molecule has 1 aromatic heterocycles. The summed E-state index contributed by atoms with van der Waals surface area (Å²) in [5, 5.41) is 3.23. The van der Waals surface area contributed by atoms with Crippen LogP contribution in [0.2, 0.25) is 0 Å². The van der Waals surface area contributed by atoms with Gasteiger partial charge >= 0.3 is 0 Å². The second-order valence-corrected chi connectivity index (χ2v) is 8.19. The van der Waals surface area contributed by atoms with E-state index in [1.165, 1.54) is 11.3 Å². The topological polar surface area (TPSA) is 58.2 Å². The lowest BCUT2D eigenvalue weighted by Gasteiger charge is -2.12. The minimum Gasteiger partial charge on any atom is -0.312 e. The zero-order chi connectivity index (χ0) is 15.2. The van der Waals surface area contributed by atoms with E-state index in [4.69, 9.17) is 0 Å². The van der Waals surface area contributed by atoms with Crippen LogP contribution in [0.15, 0.2) is 10.3 Å². The lowest BCUT2D eigenvalue weighted by atomic mass is 10.2. The molecule has 0 amide bonds. The van der Waals surface area contributed by atoms with Crippen LogP contribution in [0.4, 0.5) is 0 Å². The predicted octanol–water partition coefficient (Wildman–Crippen LogP) is 3.02. The lowest BCUT2D eigenvalue weighted by molar-refractivity contribution is 0.535. The van der Waals surface area contributed by atoms with Crippen molar-refractivity contribution in [2.75, 3.05) is 6.54 Å². The normalized spacial score (nSPS) is 13.6. The van der Waals surface area contributed by atoms with E-state index in [1.54, 1.807) is 6.07 Å². The van der Waals surface area contributed by atoms with Gasteiger partial charge in [0.15, 0.2) is 0 Å². The van der Waals surface area contributed by atoms with Gasteiger partial charge in [0.2, 0.25) is 10.0 Å². The fraction of sp³-hybridized carbons (Fsp3) is 0.714. The first-order valence-electron chi connectivity index (χ1n) is 7.23. The standard InChI is InChI=1S/C14H26N2O2S2/c1-5-7-8-12(4)16-20(17,18)14-9-11(3)13(19-14)10-15-6-2/h9,12,15-16H,5-8,10H2,1-4H3. The molecule has 0 aliphatic carbocycles. The van der Waals surface area contributed by atoms with Crippen molar-refractivity contribution in [3.63, 3.8) is 0 Å². The Hall–Kier alpha value is -0.430. The largest absolute Gasteiger partial charge is 0.312 e. The lowest BCUT2D eigenvalue weighted by Crippen LogP contribution is -2.32. The Labute approximate surface area is 127 Å². The van der Waals surface area contributed by atoms with Gasteiger partial charge in [-0.1, -0.05) is 26.7 Å². The SMILES string of the molecule is CCCCC(C)NS(=O)(=O)c1cc(C)c(CNCC)s1. The zero-order valence-corrected chi connectivity index (χ0v) is 14.5. The molecule has 0 aromatic carbocycles. The van der Waals surface area contributed by atoms with Crippen molar-refractivity contribution in [2.45, 2.75) is 63.8 Å². The molecular weight excluding hydrogens is 292 g/mol. The maximum Gasteiger partial charge on any atom is 0.250 e. The van der Waals surface area contributed by atoms with Crippen LogP contribution in [0, 0.1) is 6.92 Å². The average molecular weight is 319 g/mol. The van der Waals surface area contributed by atoms with E-state index >= 15 is 0 Å². The number of aryl methyl sites for hydroxylation is 1. The first-order chi connectivity index (χ1) is 9.40. The molecule has 4 nitrogen and oxygen atoms in total. The molecule has 0 fully saturated rings. The van der Waals surface area contributed by atoms with Crippen molar-refractivity contribution in [1.29, 1.82) is 0 Å². The van der Waals surface area contributed by atoms with Crippen LogP contribution in [0.1, 0.15) is 50.5 Å². The maximum atomic E-state index is 12.3. The zero-order valence-electron chi connectivity index (χ0n) is 12.8. The minimum absolute atomic E-state index is 0.0143. The minimum atomic E-state index is -3.38. The Morgan fingerprint density at radius 3 is 2.65 bits per heavy atom. The summed E-state index contributed by atoms with van der Waals surface area (Å²) in [6.45, 7) is 9.64. The Morgan fingerprint density at radius 2 is 2.05 bits per heavy atom. The molecule has 1 atom stereocenters. The van der Waals surface area contributed by atoms with Gasteiger partial charge in [0.1, 0.15) is 4.21 Å². The van der Waals surface area contributed by atoms with Crippen LogP contribution in [0.5, 0.6) is 0 Å². The highest BCUT2D eigenvalue weighted by molar-refractivity contribution is 7.91. The highest BCUT2D eigenvalue weighted by Crippen LogP contribution is 2.26. The second-order valence-electron chi connectivity index (χ2n) is 5.12. The Kier molecular flexibility index (Phi) is 7.15. The molecule has 1 rings (SSSR count). The summed E-state index contributed by atoms with van der Waals surface area (Å²) in [6.07, 6.45) is 3.00. The summed E-state index contributed by atoms with van der Waals surface area (Å²) in [6, 6.07) is 1.76. The van der Waals surface area contributed by atoms with Gasteiger partial charge in [-0.05, 0) is 38.4 Å². The smallest absolute Gasteiger partial charge is 0.250 e. The highest BCUT2D eigenvalue weighted by atomic mass is 32.2. The van der Waals surface area contributed by atoms with Gasteiger partial charge in [-0.3, -0.25) is 0 Å². The number of rotatable bonds is 9. The molecule has 1 unspecified atom stereocenters. The van der Waals surface area contributed by atoms with Crippen molar-refractivity contribution < 1.29 is 8.42 Å². The van der Waals surface area contributed by atoms with Crippen LogP contribution in [-0.4, -0.2) is 21.0 Å². The second kappa shape index (κ2) is 8.12. The van der Waals surface area contributed by atoms with Gasteiger partial charge in [0, 0.05) is 17.5 Å². The van der Waals surface area contributed by atoms with Crippen molar-refractivity contribution in [2.24, 2.45) is 0 Å². The van der Waals surface area contributed by atoms with Gasteiger partial charge < -0.3 is 5.32 Å². The fourth-order valence-electron chi connectivity index (χ4n) is 1.93. The third kappa shape index (κ3) is 5.16. The summed E-state index contributed by atoms with van der Waals surface area (Å²) in [5.41, 5.74) is 1.04. The molecule has 0 saturated carbocycles. The highest BCUT2D eigenvalue weighted by Gasteiger charge is 2.20. The molecule has 116 valence electrons. The van der Waals surface area contributed by atoms with E-state index in [9.17, 15) is 8.42 Å². The Bertz CT molecular complexity index is 509. The number of sulfonamides is 1. The fourth-order valence-corrected chi connectivity index (χ4v) is 4.78. The van der Waals surface area contributed by atoms with Crippen LogP contribution in [0.3, 0.4) is 0 Å². The number of hydrogen-bond donors (Lipinski definition) is 2. The van der Waals surface area contributed by atoms with E-state index in [-0.39, 0.29) is 6.04 Å². The van der Waals surface area contributed by atoms with Crippen LogP contribution in [-0.2, 0) is 16.6 Å². The summed E-state index contributed by atoms with van der Waals surface area (Å²) >= 11 is 1.36. The van der Waals surface area contributed by atoms with E-state index < -0.39 is 10.0 Å². The monoisotopic (exact) mass is 318 g/mol. The summed E-state index contributed by atoms with van der Waals surface area (Å²) in [4.78, 5) is 1.09. The quantitative estimate of drug-likeness (QED) is 0.736. The van der Waals surface area contributed by atoms with Crippen molar-refractivity contribution in [1.82, 2.24) is 10.0 Å². The van der Waals surface area contributed by atoms with Crippen molar-refractivity contribution in [3.8, 4) is 0 Å². The molecule has 0 radical (unpaired) electrons. The molecule has 0 bridgehead atoms. The average Bonchev–Trinajstić information content (AvgIpc) is 2.75. The van der Waals surface area contributed by atoms with E-state index in [0.717, 1.165) is 42.8 Å². The van der Waals surface area contributed by atoms with Crippen LogP contribution >= 0.6 is 11.3 Å². The molecule has 0 spiro atoms. The number of unbranched alkanes of at least 4 members (excludes halogenated alkanes) is 1. The first-order valence-corrected chi connectivity index (χ1v) is 9.53. The number of nitrogens with one attached hydrogen (secondary N) is 2. The number of thiophene rings is 1. The maximum absolute atomic E-state index is 12.3. The van der Waals surface area contributed by atoms with E-state index in [0.29, 0.717) is 4.21 Å².